The van der Waals surface area contributed by atoms with Crippen molar-refractivity contribution >= 4 is 0 Å². The van der Waals surface area contributed by atoms with Crippen molar-refractivity contribution in [3.63, 3.8) is 0 Å². The Bertz CT molecular complexity index is 443. The van der Waals surface area contributed by atoms with E-state index < -0.39 is 0 Å². The van der Waals surface area contributed by atoms with Crippen LogP contribution in [-0.2, 0) is 6.54 Å². The number of nitrogens with zero attached hydrogens (tertiary/aromatic N) is 4. The fraction of sp³-hybridized carbons (Fsp3) is 0.444. The summed E-state index contributed by atoms with van der Waals surface area (Å²) in [6.45, 7) is 6.58. The largest absolute Gasteiger partial charge is 0.437 e. The van der Waals surface area contributed by atoms with Gasteiger partial charge in [-0.1, -0.05) is 0 Å². The standard InChI is InChI=1S/C9H12N4O/c1-4-13-5-10-12-9(13)8-6(2)11-7(3)14-8/h5H,4H2,1-3H3. The molecule has 0 amide bonds. The van der Waals surface area contributed by atoms with Crippen molar-refractivity contribution in [3.8, 4) is 11.6 Å². The van der Waals surface area contributed by atoms with Crippen LogP contribution >= 0.6 is 0 Å². The average molecular weight is 192 g/mol. The van der Waals surface area contributed by atoms with Crippen LogP contribution in [0.4, 0.5) is 0 Å². The summed E-state index contributed by atoms with van der Waals surface area (Å²) in [6, 6.07) is 0. The molecule has 74 valence electrons. The van der Waals surface area contributed by atoms with Crippen molar-refractivity contribution in [2.24, 2.45) is 0 Å². The highest BCUT2D eigenvalue weighted by Crippen LogP contribution is 2.21. The molecule has 2 rings (SSSR count). The fourth-order valence-electron chi connectivity index (χ4n) is 1.40. The number of rotatable bonds is 2. The summed E-state index contributed by atoms with van der Waals surface area (Å²) in [4.78, 5) is 4.19. The summed E-state index contributed by atoms with van der Waals surface area (Å²) in [5.74, 6) is 2.11. The SMILES string of the molecule is CCn1cnnc1-c1oc(C)nc1C. The van der Waals surface area contributed by atoms with Crippen LogP contribution in [0.3, 0.4) is 0 Å². The summed E-state index contributed by atoms with van der Waals surface area (Å²) >= 11 is 0. The first-order valence-electron chi connectivity index (χ1n) is 4.54. The molecule has 0 fully saturated rings. The van der Waals surface area contributed by atoms with Crippen molar-refractivity contribution in [2.75, 3.05) is 0 Å². The maximum Gasteiger partial charge on any atom is 0.201 e. The highest BCUT2D eigenvalue weighted by Gasteiger charge is 2.14. The quantitative estimate of drug-likeness (QED) is 0.724. The van der Waals surface area contributed by atoms with Crippen molar-refractivity contribution in [1.29, 1.82) is 0 Å². The van der Waals surface area contributed by atoms with Gasteiger partial charge >= 0.3 is 0 Å². The van der Waals surface area contributed by atoms with Crippen LogP contribution in [0.25, 0.3) is 11.6 Å². The molecule has 0 radical (unpaired) electrons. The van der Waals surface area contributed by atoms with E-state index in [4.69, 9.17) is 4.42 Å². The van der Waals surface area contributed by atoms with Crippen molar-refractivity contribution in [1.82, 2.24) is 19.7 Å². The second-order valence-electron chi connectivity index (χ2n) is 3.09. The molecule has 0 bridgehead atoms. The van der Waals surface area contributed by atoms with E-state index in [1.165, 1.54) is 0 Å². The molecule has 0 aliphatic carbocycles. The van der Waals surface area contributed by atoms with E-state index in [0.717, 1.165) is 18.1 Å². The Morgan fingerprint density at radius 3 is 2.79 bits per heavy atom. The molecule has 0 aliphatic heterocycles. The summed E-state index contributed by atoms with van der Waals surface area (Å²) < 4.78 is 7.39. The Morgan fingerprint density at radius 2 is 2.21 bits per heavy atom. The van der Waals surface area contributed by atoms with Crippen LogP contribution in [0.5, 0.6) is 0 Å². The lowest BCUT2D eigenvalue weighted by Crippen LogP contribution is -1.96. The van der Waals surface area contributed by atoms with Crippen LogP contribution < -0.4 is 0 Å². The Labute approximate surface area is 81.8 Å². The van der Waals surface area contributed by atoms with E-state index in [1.807, 2.05) is 25.3 Å². The first-order chi connectivity index (χ1) is 6.72. The Hall–Kier alpha value is -1.65. The molecule has 0 N–H and O–H groups in total. The lowest BCUT2D eigenvalue weighted by Gasteiger charge is -1.99. The van der Waals surface area contributed by atoms with Crippen molar-refractivity contribution < 1.29 is 4.42 Å². The van der Waals surface area contributed by atoms with E-state index in [0.29, 0.717) is 11.7 Å². The topological polar surface area (TPSA) is 56.7 Å². The van der Waals surface area contributed by atoms with E-state index in [-0.39, 0.29) is 0 Å². The molecule has 0 unspecified atom stereocenters. The van der Waals surface area contributed by atoms with Gasteiger partial charge in [-0.05, 0) is 13.8 Å². The second-order valence-corrected chi connectivity index (χ2v) is 3.09. The zero-order valence-electron chi connectivity index (χ0n) is 8.48. The molecule has 0 aliphatic rings. The normalized spacial score (nSPS) is 10.8. The first kappa shape index (κ1) is 8.93. The molecule has 0 aromatic carbocycles. The zero-order chi connectivity index (χ0) is 10.1. The molecular formula is C9H12N4O. The number of hydrogen-bond acceptors (Lipinski definition) is 4. The number of hydrogen-bond donors (Lipinski definition) is 0. The molecule has 5 nitrogen and oxygen atoms in total. The Morgan fingerprint density at radius 1 is 1.43 bits per heavy atom. The zero-order valence-corrected chi connectivity index (χ0v) is 8.48. The van der Waals surface area contributed by atoms with Gasteiger partial charge in [0, 0.05) is 13.5 Å². The molecule has 2 aromatic heterocycles. The van der Waals surface area contributed by atoms with Gasteiger partial charge in [-0.3, -0.25) is 0 Å². The maximum atomic E-state index is 5.47. The lowest BCUT2D eigenvalue weighted by molar-refractivity contribution is 0.526. The van der Waals surface area contributed by atoms with E-state index in [2.05, 4.69) is 15.2 Å². The van der Waals surface area contributed by atoms with Gasteiger partial charge in [0.05, 0.1) is 5.69 Å². The minimum absolute atomic E-state index is 0.656. The third kappa shape index (κ3) is 1.30. The molecule has 14 heavy (non-hydrogen) atoms. The number of aromatic nitrogens is 4. The van der Waals surface area contributed by atoms with E-state index in [9.17, 15) is 0 Å². The molecular weight excluding hydrogens is 180 g/mol. The molecule has 0 spiro atoms. The average Bonchev–Trinajstić information content (AvgIpc) is 2.71. The minimum Gasteiger partial charge on any atom is -0.437 e. The molecule has 5 heteroatoms. The van der Waals surface area contributed by atoms with Crippen molar-refractivity contribution in [2.45, 2.75) is 27.3 Å². The first-order valence-corrected chi connectivity index (χ1v) is 4.54. The van der Waals surface area contributed by atoms with E-state index >= 15 is 0 Å². The summed E-state index contributed by atoms with van der Waals surface area (Å²) in [7, 11) is 0. The van der Waals surface area contributed by atoms with Gasteiger partial charge in [0.15, 0.2) is 11.7 Å². The van der Waals surface area contributed by atoms with Gasteiger partial charge in [0.25, 0.3) is 0 Å². The Kier molecular flexibility index (Phi) is 2.07. The molecule has 2 heterocycles. The van der Waals surface area contributed by atoms with Crippen molar-refractivity contribution in [3.05, 3.63) is 17.9 Å². The van der Waals surface area contributed by atoms with E-state index in [1.54, 1.807) is 6.33 Å². The number of aryl methyl sites for hydroxylation is 3. The third-order valence-electron chi connectivity index (χ3n) is 2.06. The predicted octanol–water partition coefficient (Wildman–Crippen LogP) is 1.57. The lowest BCUT2D eigenvalue weighted by atomic mass is 10.3. The van der Waals surface area contributed by atoms with Crippen LogP contribution in [0.1, 0.15) is 18.5 Å². The van der Waals surface area contributed by atoms with Gasteiger partial charge in [-0.2, -0.15) is 0 Å². The number of oxazole rings is 1. The van der Waals surface area contributed by atoms with Gasteiger partial charge < -0.3 is 8.98 Å². The van der Waals surface area contributed by atoms with Crippen LogP contribution in [0.15, 0.2) is 10.7 Å². The Balaban J connectivity index is 2.53. The fourth-order valence-corrected chi connectivity index (χ4v) is 1.40. The van der Waals surface area contributed by atoms with Crippen LogP contribution in [0.2, 0.25) is 0 Å². The van der Waals surface area contributed by atoms with Gasteiger partial charge in [0.2, 0.25) is 5.82 Å². The van der Waals surface area contributed by atoms with Gasteiger partial charge in [-0.15, -0.1) is 10.2 Å². The van der Waals surface area contributed by atoms with Gasteiger partial charge in [-0.25, -0.2) is 4.98 Å². The van der Waals surface area contributed by atoms with Crippen LogP contribution in [0, 0.1) is 13.8 Å². The highest BCUT2D eigenvalue weighted by atomic mass is 16.4. The van der Waals surface area contributed by atoms with Gasteiger partial charge in [0.1, 0.15) is 6.33 Å². The summed E-state index contributed by atoms with van der Waals surface area (Å²) in [6.07, 6.45) is 1.69. The highest BCUT2D eigenvalue weighted by molar-refractivity contribution is 5.49. The summed E-state index contributed by atoms with van der Waals surface area (Å²) in [5.41, 5.74) is 0.852. The molecule has 0 saturated heterocycles. The monoisotopic (exact) mass is 192 g/mol. The smallest absolute Gasteiger partial charge is 0.201 e. The molecule has 2 aromatic rings. The predicted molar refractivity (Wildman–Crippen MR) is 50.7 cm³/mol. The molecule has 0 atom stereocenters. The van der Waals surface area contributed by atoms with Crippen LogP contribution in [-0.4, -0.2) is 19.7 Å². The summed E-state index contributed by atoms with van der Waals surface area (Å²) in [5, 5.41) is 7.86. The second kappa shape index (κ2) is 3.25. The minimum atomic E-state index is 0.656. The molecule has 0 saturated carbocycles. The third-order valence-corrected chi connectivity index (χ3v) is 2.06. The maximum absolute atomic E-state index is 5.47.